The Kier molecular flexibility index (Phi) is 3.89. The van der Waals surface area contributed by atoms with Gasteiger partial charge in [-0.3, -0.25) is 0 Å². The standard InChI is InChI=1S/C15H17N3O2/c1-9-5-3-4-6-12(9)10(2)18-14-13(16)7-11(8-17-14)15(19)20/h3-8,10H,16H2,1-2H3,(H,17,18)(H,19,20). The summed E-state index contributed by atoms with van der Waals surface area (Å²) in [5, 5.41) is 12.1. The largest absolute Gasteiger partial charge is 0.478 e. The molecular formula is C15H17N3O2. The number of pyridine rings is 1. The van der Waals surface area contributed by atoms with Crippen molar-refractivity contribution in [3.63, 3.8) is 0 Å². The number of nitrogens with two attached hydrogens (primary N) is 1. The highest BCUT2D eigenvalue weighted by Gasteiger charge is 2.12. The van der Waals surface area contributed by atoms with Gasteiger partial charge in [-0.1, -0.05) is 24.3 Å². The zero-order valence-corrected chi connectivity index (χ0v) is 11.4. The van der Waals surface area contributed by atoms with Gasteiger partial charge in [0.1, 0.15) is 5.82 Å². The van der Waals surface area contributed by atoms with E-state index in [1.165, 1.54) is 17.8 Å². The van der Waals surface area contributed by atoms with Crippen LogP contribution in [-0.2, 0) is 0 Å². The fourth-order valence-corrected chi connectivity index (χ4v) is 2.07. The number of benzene rings is 1. The minimum Gasteiger partial charge on any atom is -0.478 e. The molecule has 1 aromatic heterocycles. The molecule has 0 aliphatic carbocycles. The van der Waals surface area contributed by atoms with Gasteiger partial charge in [0.05, 0.1) is 17.3 Å². The molecule has 1 heterocycles. The molecule has 1 aromatic carbocycles. The van der Waals surface area contributed by atoms with Crippen LogP contribution in [0.4, 0.5) is 11.5 Å². The summed E-state index contributed by atoms with van der Waals surface area (Å²) < 4.78 is 0. The summed E-state index contributed by atoms with van der Waals surface area (Å²) in [6.45, 7) is 4.05. The lowest BCUT2D eigenvalue weighted by Gasteiger charge is -2.18. The second-order valence-electron chi connectivity index (χ2n) is 4.69. The van der Waals surface area contributed by atoms with Gasteiger partial charge in [-0.15, -0.1) is 0 Å². The van der Waals surface area contributed by atoms with E-state index in [4.69, 9.17) is 10.8 Å². The number of anilines is 2. The van der Waals surface area contributed by atoms with Gasteiger partial charge in [0, 0.05) is 6.20 Å². The summed E-state index contributed by atoms with van der Waals surface area (Å²) in [7, 11) is 0. The van der Waals surface area contributed by atoms with Crippen LogP contribution in [0.1, 0.15) is 34.5 Å². The van der Waals surface area contributed by atoms with Crippen molar-refractivity contribution in [2.24, 2.45) is 0 Å². The molecule has 0 bridgehead atoms. The molecule has 20 heavy (non-hydrogen) atoms. The highest BCUT2D eigenvalue weighted by molar-refractivity contribution is 5.89. The summed E-state index contributed by atoms with van der Waals surface area (Å²) in [4.78, 5) is 14.9. The summed E-state index contributed by atoms with van der Waals surface area (Å²) in [5.74, 6) is -0.548. The monoisotopic (exact) mass is 271 g/mol. The third-order valence-electron chi connectivity index (χ3n) is 3.17. The molecule has 0 fully saturated rings. The number of nitrogens with zero attached hydrogens (tertiary/aromatic N) is 1. The van der Waals surface area contributed by atoms with Crippen molar-refractivity contribution in [1.82, 2.24) is 4.98 Å². The average Bonchev–Trinajstić information content (AvgIpc) is 2.41. The van der Waals surface area contributed by atoms with Crippen LogP contribution < -0.4 is 11.1 Å². The second kappa shape index (κ2) is 5.61. The Morgan fingerprint density at radius 3 is 2.70 bits per heavy atom. The molecule has 0 amide bonds. The van der Waals surface area contributed by atoms with Gasteiger partial charge in [0.25, 0.3) is 0 Å². The van der Waals surface area contributed by atoms with E-state index in [-0.39, 0.29) is 11.6 Å². The fraction of sp³-hybridized carbons (Fsp3) is 0.200. The number of carboxylic acid groups (broad SMARTS) is 1. The van der Waals surface area contributed by atoms with Crippen LogP contribution in [0.15, 0.2) is 36.5 Å². The first-order valence-corrected chi connectivity index (χ1v) is 6.30. The van der Waals surface area contributed by atoms with E-state index in [0.29, 0.717) is 11.5 Å². The Morgan fingerprint density at radius 1 is 1.40 bits per heavy atom. The summed E-state index contributed by atoms with van der Waals surface area (Å²) >= 11 is 0. The van der Waals surface area contributed by atoms with Gasteiger partial charge in [0.2, 0.25) is 0 Å². The van der Waals surface area contributed by atoms with Crippen molar-refractivity contribution in [3.05, 3.63) is 53.2 Å². The van der Waals surface area contributed by atoms with E-state index < -0.39 is 5.97 Å². The van der Waals surface area contributed by atoms with E-state index in [2.05, 4.69) is 10.3 Å². The van der Waals surface area contributed by atoms with E-state index in [1.807, 2.05) is 38.1 Å². The molecule has 4 N–H and O–H groups in total. The molecule has 0 spiro atoms. The molecule has 2 aromatic rings. The Morgan fingerprint density at radius 2 is 2.10 bits per heavy atom. The van der Waals surface area contributed by atoms with Crippen molar-refractivity contribution >= 4 is 17.5 Å². The fourth-order valence-electron chi connectivity index (χ4n) is 2.07. The lowest BCUT2D eigenvalue weighted by Crippen LogP contribution is -2.12. The van der Waals surface area contributed by atoms with Crippen molar-refractivity contribution < 1.29 is 9.90 Å². The Balaban J connectivity index is 2.22. The first-order valence-electron chi connectivity index (χ1n) is 6.30. The molecule has 0 radical (unpaired) electrons. The number of nitrogens with one attached hydrogen (secondary N) is 1. The number of hydrogen-bond acceptors (Lipinski definition) is 4. The predicted octanol–water partition coefficient (Wildman–Crippen LogP) is 2.84. The summed E-state index contributed by atoms with van der Waals surface area (Å²) in [6, 6.07) is 9.47. The number of carbonyl (C=O) groups is 1. The molecule has 0 saturated heterocycles. The Bertz CT molecular complexity index is 641. The molecule has 104 valence electrons. The minimum atomic E-state index is -1.04. The zero-order chi connectivity index (χ0) is 14.7. The smallest absolute Gasteiger partial charge is 0.337 e. The van der Waals surface area contributed by atoms with Crippen LogP contribution in [0.25, 0.3) is 0 Å². The van der Waals surface area contributed by atoms with E-state index in [1.54, 1.807) is 0 Å². The van der Waals surface area contributed by atoms with Crippen molar-refractivity contribution in [2.45, 2.75) is 19.9 Å². The van der Waals surface area contributed by atoms with Crippen LogP contribution in [0.3, 0.4) is 0 Å². The van der Waals surface area contributed by atoms with E-state index >= 15 is 0 Å². The molecule has 0 aliphatic heterocycles. The number of aromatic carboxylic acids is 1. The first-order chi connectivity index (χ1) is 9.49. The maximum absolute atomic E-state index is 10.8. The van der Waals surface area contributed by atoms with Crippen LogP contribution >= 0.6 is 0 Å². The normalized spacial score (nSPS) is 11.9. The Hall–Kier alpha value is -2.56. The van der Waals surface area contributed by atoms with Crippen LogP contribution in [-0.4, -0.2) is 16.1 Å². The minimum absolute atomic E-state index is 0.0293. The molecule has 0 saturated carbocycles. The zero-order valence-electron chi connectivity index (χ0n) is 11.4. The molecular weight excluding hydrogens is 254 g/mol. The number of nitrogen functional groups attached to an aromatic ring is 1. The van der Waals surface area contributed by atoms with Gasteiger partial charge in [-0.25, -0.2) is 9.78 Å². The van der Waals surface area contributed by atoms with Crippen molar-refractivity contribution in [1.29, 1.82) is 0 Å². The maximum Gasteiger partial charge on any atom is 0.337 e. The van der Waals surface area contributed by atoms with Crippen LogP contribution in [0.5, 0.6) is 0 Å². The van der Waals surface area contributed by atoms with Gasteiger partial charge >= 0.3 is 5.97 Å². The van der Waals surface area contributed by atoms with Crippen molar-refractivity contribution in [2.75, 3.05) is 11.1 Å². The SMILES string of the molecule is Cc1ccccc1C(C)Nc1ncc(C(=O)O)cc1N. The number of aryl methyl sites for hydroxylation is 1. The highest BCUT2D eigenvalue weighted by Crippen LogP contribution is 2.24. The van der Waals surface area contributed by atoms with Crippen molar-refractivity contribution in [3.8, 4) is 0 Å². The number of rotatable bonds is 4. The quantitative estimate of drug-likeness (QED) is 0.795. The third-order valence-corrected chi connectivity index (χ3v) is 3.17. The summed E-state index contributed by atoms with van der Waals surface area (Å²) in [6.07, 6.45) is 1.30. The van der Waals surface area contributed by atoms with Gasteiger partial charge in [0.15, 0.2) is 0 Å². The lowest BCUT2D eigenvalue weighted by atomic mass is 10.0. The summed E-state index contributed by atoms with van der Waals surface area (Å²) in [5.41, 5.74) is 8.56. The Labute approximate surface area is 117 Å². The lowest BCUT2D eigenvalue weighted by molar-refractivity contribution is 0.0696. The highest BCUT2D eigenvalue weighted by atomic mass is 16.4. The molecule has 5 nitrogen and oxygen atoms in total. The second-order valence-corrected chi connectivity index (χ2v) is 4.69. The number of hydrogen-bond donors (Lipinski definition) is 3. The van der Waals surface area contributed by atoms with E-state index in [9.17, 15) is 4.79 Å². The molecule has 1 atom stereocenters. The predicted molar refractivity (Wildman–Crippen MR) is 78.8 cm³/mol. The third kappa shape index (κ3) is 2.88. The van der Waals surface area contributed by atoms with Crippen LogP contribution in [0.2, 0.25) is 0 Å². The van der Waals surface area contributed by atoms with Gasteiger partial charge < -0.3 is 16.2 Å². The topological polar surface area (TPSA) is 88.2 Å². The molecule has 1 unspecified atom stereocenters. The van der Waals surface area contributed by atoms with E-state index in [0.717, 1.165) is 5.56 Å². The van der Waals surface area contributed by atoms with Gasteiger partial charge in [-0.2, -0.15) is 0 Å². The first kappa shape index (κ1) is 13.9. The molecule has 5 heteroatoms. The number of carboxylic acids is 1. The van der Waals surface area contributed by atoms with Crippen LogP contribution in [0, 0.1) is 6.92 Å². The molecule has 2 rings (SSSR count). The number of aromatic nitrogens is 1. The van der Waals surface area contributed by atoms with Gasteiger partial charge in [-0.05, 0) is 31.0 Å². The molecule has 0 aliphatic rings. The average molecular weight is 271 g/mol. The maximum atomic E-state index is 10.8.